The lowest BCUT2D eigenvalue weighted by atomic mass is 10.1. The lowest BCUT2D eigenvalue weighted by molar-refractivity contribution is -0.384. The second-order valence-corrected chi connectivity index (χ2v) is 4.63. The largest absolute Gasteiger partial charge is 0.496 e. The van der Waals surface area contributed by atoms with E-state index in [1.807, 2.05) is 0 Å². The van der Waals surface area contributed by atoms with Crippen molar-refractivity contribution < 1.29 is 19.2 Å². The summed E-state index contributed by atoms with van der Waals surface area (Å²) >= 11 is 0. The van der Waals surface area contributed by atoms with Gasteiger partial charge in [-0.05, 0) is 24.6 Å². The summed E-state index contributed by atoms with van der Waals surface area (Å²) in [6.45, 7) is 1.64. The van der Waals surface area contributed by atoms with E-state index >= 15 is 0 Å². The molecule has 0 radical (unpaired) electrons. The molecule has 6 heteroatoms. The first-order chi connectivity index (χ1) is 10.5. The van der Waals surface area contributed by atoms with Gasteiger partial charge >= 0.3 is 0 Å². The number of carbonyl (C=O) groups is 1. The molecule has 0 bridgehead atoms. The van der Waals surface area contributed by atoms with E-state index in [0.29, 0.717) is 22.6 Å². The van der Waals surface area contributed by atoms with Crippen LogP contribution in [0, 0.1) is 10.1 Å². The molecule has 0 saturated heterocycles. The van der Waals surface area contributed by atoms with Gasteiger partial charge in [0.1, 0.15) is 18.1 Å². The third-order valence-corrected chi connectivity index (χ3v) is 3.08. The number of methoxy groups -OCH3 is 1. The van der Waals surface area contributed by atoms with Crippen molar-refractivity contribution in [2.45, 2.75) is 13.5 Å². The van der Waals surface area contributed by atoms with Crippen LogP contribution < -0.4 is 9.47 Å². The highest BCUT2D eigenvalue weighted by Crippen LogP contribution is 2.26. The number of nitro groups is 1. The molecule has 0 aromatic heterocycles. The van der Waals surface area contributed by atoms with Gasteiger partial charge in [-0.25, -0.2) is 0 Å². The van der Waals surface area contributed by atoms with E-state index in [1.165, 1.54) is 26.2 Å². The fourth-order valence-electron chi connectivity index (χ4n) is 1.98. The fraction of sp³-hybridized carbons (Fsp3) is 0.188. The maximum Gasteiger partial charge on any atom is 0.269 e. The molecule has 0 saturated carbocycles. The molecule has 0 aliphatic rings. The molecule has 114 valence electrons. The summed E-state index contributed by atoms with van der Waals surface area (Å²) < 4.78 is 10.7. The van der Waals surface area contributed by atoms with E-state index in [2.05, 4.69) is 0 Å². The van der Waals surface area contributed by atoms with Crippen molar-refractivity contribution in [1.29, 1.82) is 0 Å². The minimum atomic E-state index is -0.450. The first-order valence-corrected chi connectivity index (χ1v) is 6.56. The smallest absolute Gasteiger partial charge is 0.269 e. The van der Waals surface area contributed by atoms with E-state index in [-0.39, 0.29) is 18.1 Å². The van der Waals surface area contributed by atoms with Crippen LogP contribution in [0.25, 0.3) is 0 Å². The summed E-state index contributed by atoms with van der Waals surface area (Å²) in [4.78, 5) is 21.7. The summed E-state index contributed by atoms with van der Waals surface area (Å²) in [5, 5.41) is 10.7. The van der Waals surface area contributed by atoms with Crippen LogP contribution >= 0.6 is 0 Å². The Morgan fingerprint density at radius 3 is 2.64 bits per heavy atom. The summed E-state index contributed by atoms with van der Waals surface area (Å²) in [6.07, 6.45) is 0. The maximum atomic E-state index is 11.4. The second-order valence-electron chi connectivity index (χ2n) is 4.63. The third-order valence-electron chi connectivity index (χ3n) is 3.08. The number of ether oxygens (including phenoxy) is 2. The van der Waals surface area contributed by atoms with Crippen LogP contribution in [-0.2, 0) is 6.61 Å². The lowest BCUT2D eigenvalue weighted by Crippen LogP contribution is -2.00. The predicted molar refractivity (Wildman–Crippen MR) is 80.4 cm³/mol. The molecule has 0 unspecified atom stereocenters. The van der Waals surface area contributed by atoms with Crippen LogP contribution in [0.4, 0.5) is 5.69 Å². The van der Waals surface area contributed by atoms with Crippen molar-refractivity contribution in [3.8, 4) is 11.5 Å². The minimum Gasteiger partial charge on any atom is -0.496 e. The van der Waals surface area contributed by atoms with E-state index in [1.54, 1.807) is 30.3 Å². The Balaban J connectivity index is 2.13. The SMILES string of the molecule is COc1cc(OCc2cccc([N+](=O)[O-])c2)ccc1C(C)=O. The zero-order chi connectivity index (χ0) is 16.1. The number of Topliss-reactive ketones (excluding diaryl/α,β-unsaturated/α-hetero) is 1. The number of benzene rings is 2. The van der Waals surface area contributed by atoms with Crippen molar-refractivity contribution >= 4 is 11.5 Å². The number of ketones is 1. The zero-order valence-electron chi connectivity index (χ0n) is 12.2. The van der Waals surface area contributed by atoms with Gasteiger partial charge in [-0.15, -0.1) is 0 Å². The molecule has 0 aliphatic heterocycles. The quantitative estimate of drug-likeness (QED) is 0.464. The summed E-state index contributed by atoms with van der Waals surface area (Å²) in [7, 11) is 1.48. The number of non-ortho nitro benzene ring substituents is 1. The Kier molecular flexibility index (Phi) is 4.73. The Morgan fingerprint density at radius 1 is 1.23 bits per heavy atom. The molecule has 22 heavy (non-hydrogen) atoms. The second kappa shape index (κ2) is 6.71. The third kappa shape index (κ3) is 3.60. The zero-order valence-corrected chi connectivity index (χ0v) is 12.2. The molecule has 2 aromatic rings. The van der Waals surface area contributed by atoms with E-state index < -0.39 is 4.92 Å². The highest BCUT2D eigenvalue weighted by atomic mass is 16.6. The molecule has 0 N–H and O–H groups in total. The Hall–Kier alpha value is -2.89. The van der Waals surface area contributed by atoms with Gasteiger partial charge in [0.25, 0.3) is 5.69 Å². The Morgan fingerprint density at radius 2 is 2.00 bits per heavy atom. The molecular formula is C16H15NO5. The average molecular weight is 301 g/mol. The predicted octanol–water partition coefficient (Wildman–Crippen LogP) is 3.39. The molecule has 0 spiro atoms. The standard InChI is InChI=1S/C16H15NO5/c1-11(18)15-7-6-14(9-16(15)21-2)22-10-12-4-3-5-13(8-12)17(19)20/h3-9H,10H2,1-2H3. The van der Waals surface area contributed by atoms with Crippen molar-refractivity contribution in [2.24, 2.45) is 0 Å². The molecule has 0 heterocycles. The fourth-order valence-corrected chi connectivity index (χ4v) is 1.98. The van der Waals surface area contributed by atoms with E-state index in [4.69, 9.17) is 9.47 Å². The normalized spacial score (nSPS) is 10.1. The summed E-state index contributed by atoms with van der Waals surface area (Å²) in [5.74, 6) is 0.861. The Labute approximate surface area is 127 Å². The molecule has 0 fully saturated rings. The first kappa shape index (κ1) is 15.5. The van der Waals surface area contributed by atoms with E-state index in [9.17, 15) is 14.9 Å². The maximum absolute atomic E-state index is 11.4. The van der Waals surface area contributed by atoms with Gasteiger partial charge < -0.3 is 9.47 Å². The molecule has 2 aromatic carbocycles. The van der Waals surface area contributed by atoms with Crippen molar-refractivity contribution in [3.63, 3.8) is 0 Å². The monoisotopic (exact) mass is 301 g/mol. The van der Waals surface area contributed by atoms with Crippen molar-refractivity contribution in [3.05, 3.63) is 63.7 Å². The van der Waals surface area contributed by atoms with E-state index in [0.717, 1.165) is 0 Å². The average Bonchev–Trinajstić information content (AvgIpc) is 2.52. The Bertz CT molecular complexity index is 711. The highest BCUT2D eigenvalue weighted by Gasteiger charge is 2.10. The van der Waals surface area contributed by atoms with Crippen LogP contribution in [0.2, 0.25) is 0 Å². The number of hydrogen-bond donors (Lipinski definition) is 0. The molecule has 0 aliphatic carbocycles. The van der Waals surface area contributed by atoms with Gasteiger partial charge in [0.05, 0.1) is 17.6 Å². The van der Waals surface area contributed by atoms with Crippen LogP contribution in [0.1, 0.15) is 22.8 Å². The van der Waals surface area contributed by atoms with Gasteiger partial charge in [-0.3, -0.25) is 14.9 Å². The minimum absolute atomic E-state index is 0.0191. The molecular weight excluding hydrogens is 286 g/mol. The van der Waals surface area contributed by atoms with Gasteiger partial charge in [0.15, 0.2) is 5.78 Å². The summed E-state index contributed by atoms with van der Waals surface area (Å²) in [5.41, 5.74) is 1.18. The number of nitrogens with zero attached hydrogens (tertiary/aromatic N) is 1. The van der Waals surface area contributed by atoms with Gasteiger partial charge in [-0.2, -0.15) is 0 Å². The van der Waals surface area contributed by atoms with Crippen LogP contribution in [-0.4, -0.2) is 17.8 Å². The number of hydrogen-bond acceptors (Lipinski definition) is 5. The van der Waals surface area contributed by atoms with Crippen LogP contribution in [0.3, 0.4) is 0 Å². The van der Waals surface area contributed by atoms with Crippen molar-refractivity contribution in [1.82, 2.24) is 0 Å². The van der Waals surface area contributed by atoms with Gasteiger partial charge in [-0.1, -0.05) is 12.1 Å². The molecule has 6 nitrogen and oxygen atoms in total. The van der Waals surface area contributed by atoms with Crippen LogP contribution in [0.15, 0.2) is 42.5 Å². The topological polar surface area (TPSA) is 78.7 Å². The number of carbonyl (C=O) groups excluding carboxylic acids is 1. The molecule has 0 amide bonds. The van der Waals surface area contributed by atoms with Crippen LogP contribution in [0.5, 0.6) is 11.5 Å². The molecule has 0 atom stereocenters. The first-order valence-electron chi connectivity index (χ1n) is 6.56. The van der Waals surface area contributed by atoms with Crippen molar-refractivity contribution in [2.75, 3.05) is 7.11 Å². The summed E-state index contributed by atoms with van der Waals surface area (Å²) in [6, 6.07) is 11.1. The number of rotatable bonds is 6. The van der Waals surface area contributed by atoms with Gasteiger partial charge in [0.2, 0.25) is 0 Å². The highest BCUT2D eigenvalue weighted by molar-refractivity contribution is 5.97. The molecule has 2 rings (SSSR count). The lowest BCUT2D eigenvalue weighted by Gasteiger charge is -2.10. The van der Waals surface area contributed by atoms with Gasteiger partial charge in [0, 0.05) is 18.2 Å². The number of nitro benzene ring substituents is 1.